The largest absolute Gasteiger partial charge is 0.269 e. The molecule has 0 amide bonds. The van der Waals surface area contributed by atoms with Gasteiger partial charge in [0.25, 0.3) is 0 Å². The first-order valence-corrected chi connectivity index (χ1v) is 8.09. The molecule has 1 aromatic heterocycles. The Bertz CT molecular complexity index is 340. The topological polar surface area (TPSA) is 17.8 Å². The summed E-state index contributed by atoms with van der Waals surface area (Å²) in [5, 5.41) is 4.80. The maximum Gasteiger partial charge on any atom is 0.0752 e. The first kappa shape index (κ1) is 13.0. The molecule has 1 aliphatic carbocycles. The molecule has 2 rings (SSSR count). The third-order valence-corrected chi connectivity index (χ3v) is 4.73. The minimum absolute atomic E-state index is 0.673. The molecule has 0 saturated heterocycles. The number of rotatable bonds is 5. The highest BCUT2D eigenvalue weighted by Crippen LogP contribution is 2.28. The average molecular weight is 252 g/mol. The summed E-state index contributed by atoms with van der Waals surface area (Å²) in [7, 11) is 0. The molecule has 0 radical (unpaired) electrons. The van der Waals surface area contributed by atoms with E-state index in [0.717, 1.165) is 5.75 Å². The number of hydrogen-bond donors (Lipinski definition) is 0. The zero-order valence-electron chi connectivity index (χ0n) is 11.1. The smallest absolute Gasteiger partial charge is 0.0752 e. The molecule has 0 aromatic carbocycles. The van der Waals surface area contributed by atoms with Crippen LogP contribution in [0.25, 0.3) is 0 Å². The van der Waals surface area contributed by atoms with Crippen LogP contribution in [0.2, 0.25) is 0 Å². The summed E-state index contributed by atoms with van der Waals surface area (Å²) in [6, 6.07) is 0.673. The molecular formula is C14H24N2S. The number of hydrogen-bond acceptors (Lipinski definition) is 2. The molecule has 1 aliphatic rings. The Hall–Kier alpha value is -0.440. The Morgan fingerprint density at radius 3 is 2.82 bits per heavy atom. The molecule has 0 unspecified atom stereocenters. The fourth-order valence-corrected chi connectivity index (χ4v) is 3.42. The monoisotopic (exact) mass is 252 g/mol. The predicted molar refractivity (Wildman–Crippen MR) is 75.5 cm³/mol. The third-order valence-electron chi connectivity index (χ3n) is 3.55. The standard InChI is InChI=1S/C14H24N2S/c1-3-9-17-11-14-12(2)10-16(15-14)13-7-5-4-6-8-13/h10,13H,3-9,11H2,1-2H3. The lowest BCUT2D eigenvalue weighted by Gasteiger charge is -2.21. The summed E-state index contributed by atoms with van der Waals surface area (Å²) in [6.07, 6.45) is 10.3. The molecule has 1 aromatic rings. The number of thioether (sulfide) groups is 1. The second kappa shape index (κ2) is 6.48. The van der Waals surface area contributed by atoms with Crippen molar-refractivity contribution in [2.45, 2.75) is 64.2 Å². The van der Waals surface area contributed by atoms with Crippen molar-refractivity contribution in [3.63, 3.8) is 0 Å². The maximum absolute atomic E-state index is 4.80. The minimum Gasteiger partial charge on any atom is -0.269 e. The van der Waals surface area contributed by atoms with Gasteiger partial charge in [-0.2, -0.15) is 16.9 Å². The van der Waals surface area contributed by atoms with E-state index in [1.165, 1.54) is 55.5 Å². The van der Waals surface area contributed by atoms with Crippen molar-refractivity contribution in [3.05, 3.63) is 17.5 Å². The van der Waals surface area contributed by atoms with E-state index in [9.17, 15) is 0 Å². The van der Waals surface area contributed by atoms with Gasteiger partial charge in [-0.05, 0) is 37.5 Å². The molecule has 3 heteroatoms. The van der Waals surface area contributed by atoms with Crippen molar-refractivity contribution in [1.29, 1.82) is 0 Å². The number of aryl methyl sites for hydroxylation is 1. The van der Waals surface area contributed by atoms with E-state index < -0.39 is 0 Å². The summed E-state index contributed by atoms with van der Waals surface area (Å²) in [4.78, 5) is 0. The van der Waals surface area contributed by atoms with Crippen LogP contribution >= 0.6 is 11.8 Å². The van der Waals surface area contributed by atoms with Gasteiger partial charge in [-0.1, -0.05) is 26.2 Å². The summed E-state index contributed by atoms with van der Waals surface area (Å²) < 4.78 is 2.25. The Morgan fingerprint density at radius 1 is 1.35 bits per heavy atom. The molecular weight excluding hydrogens is 228 g/mol. The van der Waals surface area contributed by atoms with Crippen LogP contribution < -0.4 is 0 Å². The Morgan fingerprint density at radius 2 is 2.12 bits per heavy atom. The van der Waals surface area contributed by atoms with Crippen LogP contribution in [0, 0.1) is 6.92 Å². The Labute approximate surface area is 109 Å². The van der Waals surface area contributed by atoms with Gasteiger partial charge in [0, 0.05) is 11.9 Å². The summed E-state index contributed by atoms with van der Waals surface area (Å²) in [5.74, 6) is 2.33. The molecule has 0 spiro atoms. The summed E-state index contributed by atoms with van der Waals surface area (Å²) in [6.45, 7) is 4.44. The van der Waals surface area contributed by atoms with Crippen molar-refractivity contribution in [2.75, 3.05) is 5.75 Å². The third kappa shape index (κ3) is 3.51. The average Bonchev–Trinajstić information content (AvgIpc) is 2.73. The highest BCUT2D eigenvalue weighted by atomic mass is 32.2. The summed E-state index contributed by atoms with van der Waals surface area (Å²) >= 11 is 2.00. The van der Waals surface area contributed by atoms with Gasteiger partial charge in [-0.15, -0.1) is 0 Å². The van der Waals surface area contributed by atoms with Gasteiger partial charge >= 0.3 is 0 Å². The van der Waals surface area contributed by atoms with E-state index in [0.29, 0.717) is 6.04 Å². The molecule has 0 aliphatic heterocycles. The van der Waals surface area contributed by atoms with Gasteiger partial charge in [-0.25, -0.2) is 0 Å². The zero-order valence-corrected chi connectivity index (χ0v) is 11.9. The van der Waals surface area contributed by atoms with Crippen LogP contribution in [-0.2, 0) is 5.75 Å². The van der Waals surface area contributed by atoms with Crippen LogP contribution in [0.15, 0.2) is 6.20 Å². The first-order chi connectivity index (χ1) is 8.31. The van der Waals surface area contributed by atoms with Gasteiger partial charge in [0.05, 0.1) is 11.7 Å². The quantitative estimate of drug-likeness (QED) is 0.725. The van der Waals surface area contributed by atoms with E-state index in [-0.39, 0.29) is 0 Å². The molecule has 1 saturated carbocycles. The van der Waals surface area contributed by atoms with E-state index >= 15 is 0 Å². The fourth-order valence-electron chi connectivity index (χ4n) is 2.51. The lowest BCUT2D eigenvalue weighted by atomic mass is 9.96. The Kier molecular flexibility index (Phi) is 4.96. The molecule has 1 fully saturated rings. The molecule has 17 heavy (non-hydrogen) atoms. The van der Waals surface area contributed by atoms with Gasteiger partial charge in [-0.3, -0.25) is 4.68 Å². The van der Waals surface area contributed by atoms with Crippen molar-refractivity contribution >= 4 is 11.8 Å². The molecule has 1 heterocycles. The van der Waals surface area contributed by atoms with Crippen molar-refractivity contribution < 1.29 is 0 Å². The van der Waals surface area contributed by atoms with E-state index in [2.05, 4.69) is 24.7 Å². The van der Waals surface area contributed by atoms with E-state index in [4.69, 9.17) is 5.10 Å². The molecule has 96 valence electrons. The van der Waals surface area contributed by atoms with Crippen molar-refractivity contribution in [2.24, 2.45) is 0 Å². The number of aromatic nitrogens is 2. The number of nitrogens with zero attached hydrogens (tertiary/aromatic N) is 2. The van der Waals surface area contributed by atoms with Crippen LogP contribution in [0.1, 0.15) is 62.7 Å². The summed E-state index contributed by atoms with van der Waals surface area (Å²) in [5.41, 5.74) is 2.67. The van der Waals surface area contributed by atoms with Crippen LogP contribution in [0.3, 0.4) is 0 Å². The second-order valence-corrected chi connectivity index (χ2v) is 6.19. The molecule has 0 N–H and O–H groups in total. The Balaban J connectivity index is 1.96. The maximum atomic E-state index is 4.80. The van der Waals surface area contributed by atoms with Gasteiger partial charge in [0.2, 0.25) is 0 Å². The molecule has 2 nitrogen and oxygen atoms in total. The SMILES string of the molecule is CCCSCc1nn(C2CCCCC2)cc1C. The lowest BCUT2D eigenvalue weighted by Crippen LogP contribution is -2.13. The van der Waals surface area contributed by atoms with E-state index in [1.807, 2.05) is 11.8 Å². The highest BCUT2D eigenvalue weighted by Gasteiger charge is 2.17. The normalized spacial score (nSPS) is 17.5. The van der Waals surface area contributed by atoms with Crippen LogP contribution in [0.5, 0.6) is 0 Å². The van der Waals surface area contributed by atoms with Crippen LogP contribution in [-0.4, -0.2) is 15.5 Å². The minimum atomic E-state index is 0.673. The van der Waals surface area contributed by atoms with Gasteiger partial charge in [0.1, 0.15) is 0 Å². The van der Waals surface area contributed by atoms with Crippen molar-refractivity contribution in [1.82, 2.24) is 9.78 Å². The fraction of sp³-hybridized carbons (Fsp3) is 0.786. The van der Waals surface area contributed by atoms with E-state index in [1.54, 1.807) is 0 Å². The zero-order chi connectivity index (χ0) is 12.1. The second-order valence-electron chi connectivity index (χ2n) is 5.08. The molecule has 0 bridgehead atoms. The lowest BCUT2D eigenvalue weighted by molar-refractivity contribution is 0.328. The highest BCUT2D eigenvalue weighted by molar-refractivity contribution is 7.98. The van der Waals surface area contributed by atoms with Gasteiger partial charge in [0.15, 0.2) is 0 Å². The van der Waals surface area contributed by atoms with Gasteiger partial charge < -0.3 is 0 Å². The van der Waals surface area contributed by atoms with Crippen LogP contribution in [0.4, 0.5) is 0 Å². The predicted octanol–water partition coefficient (Wildman–Crippen LogP) is 4.34. The first-order valence-electron chi connectivity index (χ1n) is 6.93. The molecule has 0 atom stereocenters. The van der Waals surface area contributed by atoms with Crippen molar-refractivity contribution in [3.8, 4) is 0 Å².